The Morgan fingerprint density at radius 2 is 1.87 bits per heavy atom. The second-order valence-electron chi connectivity index (χ2n) is 10.8. The minimum Gasteiger partial charge on any atom is -0.493 e. The number of amides is 2. The third-order valence-electron chi connectivity index (χ3n) is 7.83. The van der Waals surface area contributed by atoms with Crippen molar-refractivity contribution in [2.45, 2.75) is 38.3 Å². The van der Waals surface area contributed by atoms with Crippen molar-refractivity contribution in [2.24, 2.45) is 0 Å². The van der Waals surface area contributed by atoms with Crippen LogP contribution in [0.15, 0.2) is 58.8 Å². The lowest BCUT2D eigenvalue weighted by Gasteiger charge is -2.19. The fraction of sp³-hybridized carbons (Fsp3) is 0.324. The summed E-state index contributed by atoms with van der Waals surface area (Å²) in [5.41, 5.74) is 4.31. The van der Waals surface area contributed by atoms with E-state index in [4.69, 9.17) is 14.2 Å². The molecule has 2 aromatic carbocycles. The number of nitrogens with zero attached hydrogens (tertiary/aromatic N) is 2. The first-order valence-corrected chi connectivity index (χ1v) is 17.3. The molecule has 2 aromatic heterocycles. The Labute approximate surface area is 281 Å². The highest BCUT2D eigenvalue weighted by Crippen LogP contribution is 2.50. The topological polar surface area (TPSA) is 141 Å². The first-order valence-electron chi connectivity index (χ1n) is 15.0. The van der Waals surface area contributed by atoms with Crippen LogP contribution in [0, 0.1) is 0 Å². The van der Waals surface area contributed by atoms with Crippen molar-refractivity contribution in [3.63, 3.8) is 0 Å². The number of aryl methyl sites for hydroxylation is 1. The summed E-state index contributed by atoms with van der Waals surface area (Å²) in [7, 11) is 4.66. The summed E-state index contributed by atoms with van der Waals surface area (Å²) in [6.45, 7) is 1.45. The number of nitrogens with one attached hydrogen (secondary N) is 3. The molecule has 0 unspecified atom stereocenters. The van der Waals surface area contributed by atoms with Crippen molar-refractivity contribution >= 4 is 45.7 Å². The fourth-order valence-corrected chi connectivity index (χ4v) is 6.85. The highest BCUT2D eigenvalue weighted by Gasteiger charge is 2.30. The average Bonchev–Trinajstić information content (AvgIpc) is 3.42. The third kappa shape index (κ3) is 7.52. The summed E-state index contributed by atoms with van der Waals surface area (Å²) in [6.07, 6.45) is 5.24. The van der Waals surface area contributed by atoms with Crippen molar-refractivity contribution in [3.8, 4) is 39.8 Å². The van der Waals surface area contributed by atoms with Gasteiger partial charge in [0.2, 0.25) is 23.0 Å². The molecule has 0 saturated heterocycles. The van der Waals surface area contributed by atoms with Gasteiger partial charge in [0.05, 0.1) is 38.8 Å². The van der Waals surface area contributed by atoms with Gasteiger partial charge >= 0.3 is 0 Å². The van der Waals surface area contributed by atoms with E-state index >= 15 is 0 Å². The second kappa shape index (κ2) is 15.3. The van der Waals surface area contributed by atoms with Gasteiger partial charge in [0.25, 0.3) is 0 Å². The van der Waals surface area contributed by atoms with Crippen LogP contribution in [0.25, 0.3) is 22.5 Å². The Bertz CT molecular complexity index is 1820. The number of aromatic nitrogens is 2. The van der Waals surface area contributed by atoms with Crippen molar-refractivity contribution in [1.29, 1.82) is 0 Å². The highest BCUT2D eigenvalue weighted by molar-refractivity contribution is 7.98. The van der Waals surface area contributed by atoms with Gasteiger partial charge in [0, 0.05) is 24.1 Å². The number of pyridine rings is 1. The molecular formula is C34H37N5O6S2. The quantitative estimate of drug-likeness (QED) is 0.175. The molecule has 13 heteroatoms. The van der Waals surface area contributed by atoms with Gasteiger partial charge in [-0.05, 0) is 78.3 Å². The van der Waals surface area contributed by atoms with Crippen LogP contribution in [0.2, 0.25) is 0 Å². The van der Waals surface area contributed by atoms with E-state index in [-0.39, 0.29) is 22.9 Å². The van der Waals surface area contributed by atoms with Crippen LogP contribution in [0.3, 0.4) is 0 Å². The molecule has 0 radical (unpaired) electrons. The molecule has 0 aliphatic heterocycles. The van der Waals surface area contributed by atoms with Gasteiger partial charge in [0.1, 0.15) is 11.7 Å². The molecule has 2 atom stereocenters. The zero-order chi connectivity index (χ0) is 33.5. The maximum absolute atomic E-state index is 13.9. The van der Waals surface area contributed by atoms with Crippen LogP contribution in [0.4, 0.5) is 10.8 Å². The molecule has 1 aliphatic carbocycles. The second-order valence-corrected chi connectivity index (χ2v) is 12.7. The molecular weight excluding hydrogens is 639 g/mol. The number of ether oxygens (including phenoxy) is 3. The first-order chi connectivity index (χ1) is 22.8. The van der Waals surface area contributed by atoms with E-state index in [9.17, 15) is 14.4 Å². The molecule has 2 amide bonds. The van der Waals surface area contributed by atoms with Gasteiger partial charge in [0.15, 0.2) is 16.6 Å². The molecule has 5 rings (SSSR count). The SMILES string of the molecule is COc1cc2c(c(OC)c1OC)-c1ccc(N[C@H](CCSC)C(=O)Nc3nc(-c4ccccn4)cs3)c(=O)cc1[C@H](NC(C)=O)CC2. The number of benzene rings is 1. The Hall–Kier alpha value is -4.62. The number of hydrogen-bond donors (Lipinski definition) is 3. The van der Waals surface area contributed by atoms with Crippen LogP contribution in [0.5, 0.6) is 17.2 Å². The predicted octanol–water partition coefficient (Wildman–Crippen LogP) is 5.55. The number of anilines is 2. The molecule has 0 bridgehead atoms. The Balaban J connectivity index is 1.54. The van der Waals surface area contributed by atoms with Crippen molar-refractivity contribution in [3.05, 3.63) is 75.4 Å². The monoisotopic (exact) mass is 675 g/mol. The lowest BCUT2D eigenvalue weighted by molar-refractivity contribution is -0.120. The van der Waals surface area contributed by atoms with E-state index < -0.39 is 12.1 Å². The largest absolute Gasteiger partial charge is 0.493 e. The van der Waals surface area contributed by atoms with E-state index in [1.807, 2.05) is 42.0 Å². The van der Waals surface area contributed by atoms with Crippen LogP contribution in [-0.4, -0.2) is 61.2 Å². The maximum Gasteiger partial charge on any atom is 0.248 e. The molecule has 0 fully saturated rings. The highest BCUT2D eigenvalue weighted by atomic mass is 32.2. The number of thiazole rings is 1. The number of carbonyl (C=O) groups is 2. The minimum absolute atomic E-state index is 0.214. The summed E-state index contributed by atoms with van der Waals surface area (Å²) in [4.78, 5) is 48.6. The van der Waals surface area contributed by atoms with Gasteiger partial charge in [-0.2, -0.15) is 11.8 Å². The summed E-state index contributed by atoms with van der Waals surface area (Å²) in [5, 5.41) is 11.4. The van der Waals surface area contributed by atoms with Crippen LogP contribution in [0.1, 0.15) is 36.9 Å². The Kier molecular flexibility index (Phi) is 11.0. The number of methoxy groups -OCH3 is 3. The van der Waals surface area contributed by atoms with Crippen molar-refractivity contribution in [2.75, 3.05) is 44.0 Å². The number of hydrogen-bond acceptors (Lipinski definition) is 11. The van der Waals surface area contributed by atoms with Gasteiger partial charge in [-0.1, -0.05) is 12.1 Å². The lowest BCUT2D eigenvalue weighted by atomic mass is 9.95. The third-order valence-corrected chi connectivity index (χ3v) is 9.24. The van der Waals surface area contributed by atoms with Crippen molar-refractivity contribution in [1.82, 2.24) is 15.3 Å². The zero-order valence-electron chi connectivity index (χ0n) is 26.8. The lowest BCUT2D eigenvalue weighted by Crippen LogP contribution is -2.36. The number of thioether (sulfide) groups is 1. The van der Waals surface area contributed by atoms with Crippen LogP contribution < -0.4 is 35.6 Å². The van der Waals surface area contributed by atoms with Crippen LogP contribution in [-0.2, 0) is 16.0 Å². The van der Waals surface area contributed by atoms with E-state index in [1.54, 1.807) is 38.2 Å². The number of rotatable bonds is 12. The van der Waals surface area contributed by atoms with Crippen molar-refractivity contribution < 1.29 is 23.8 Å². The Morgan fingerprint density at radius 1 is 1.06 bits per heavy atom. The fourth-order valence-electron chi connectivity index (χ4n) is 5.67. The van der Waals surface area contributed by atoms with Gasteiger partial charge in [-0.15, -0.1) is 11.3 Å². The van der Waals surface area contributed by atoms with Crippen LogP contribution >= 0.6 is 23.1 Å². The molecule has 11 nitrogen and oxygen atoms in total. The standard InChI is InChI=1S/C34H37N5O6S2/c1-19(40)36-23-11-9-20-16-29(43-2)31(44-3)32(45-4)30(20)21-10-12-25(28(41)17-22(21)23)37-26(13-15-46-5)33(42)39-34-38-27(18-47-34)24-8-6-7-14-35-24/h6-8,10,12,14,16-18,23,26H,9,11,13,15H2,1-5H3,(H,36,40)(H,37,41)(H,38,39,42)/t23-,26-/m1/s1. The molecule has 1 aliphatic rings. The number of carbonyl (C=O) groups excluding carboxylic acids is 2. The molecule has 47 heavy (non-hydrogen) atoms. The summed E-state index contributed by atoms with van der Waals surface area (Å²) >= 11 is 2.91. The predicted molar refractivity (Wildman–Crippen MR) is 187 cm³/mol. The molecule has 3 N–H and O–H groups in total. The summed E-state index contributed by atoms with van der Waals surface area (Å²) in [5.74, 6) is 1.56. The summed E-state index contributed by atoms with van der Waals surface area (Å²) in [6, 6.07) is 11.3. The molecule has 0 spiro atoms. The Morgan fingerprint density at radius 3 is 2.55 bits per heavy atom. The molecule has 4 aromatic rings. The summed E-state index contributed by atoms with van der Waals surface area (Å²) < 4.78 is 17.2. The van der Waals surface area contributed by atoms with Gasteiger partial charge in [-0.25, -0.2) is 4.98 Å². The normalized spacial score (nSPS) is 14.1. The zero-order valence-corrected chi connectivity index (χ0v) is 28.5. The molecule has 2 heterocycles. The minimum atomic E-state index is -0.725. The smallest absolute Gasteiger partial charge is 0.248 e. The van der Waals surface area contributed by atoms with E-state index in [0.717, 1.165) is 11.1 Å². The van der Waals surface area contributed by atoms with E-state index in [2.05, 4.69) is 25.9 Å². The number of fused-ring (bicyclic) bond motifs is 3. The molecule has 246 valence electrons. The van der Waals surface area contributed by atoms with E-state index in [0.29, 0.717) is 69.9 Å². The molecule has 0 saturated carbocycles. The van der Waals surface area contributed by atoms with Gasteiger partial charge in [-0.3, -0.25) is 19.4 Å². The van der Waals surface area contributed by atoms with E-state index in [1.165, 1.54) is 31.4 Å². The first kappa shape index (κ1) is 33.7. The average molecular weight is 676 g/mol. The van der Waals surface area contributed by atoms with Gasteiger partial charge < -0.3 is 30.2 Å². The maximum atomic E-state index is 13.9.